The first-order valence-corrected chi connectivity index (χ1v) is 15.2. The minimum atomic E-state index is -1.23. The first-order chi connectivity index (χ1) is 20.1. The molecule has 1 spiro atoms. The third-order valence-corrected chi connectivity index (χ3v) is 10.3. The molecule has 9 heteroatoms. The quantitative estimate of drug-likeness (QED) is 0.447. The van der Waals surface area contributed by atoms with Crippen LogP contribution in [-0.4, -0.2) is 53.5 Å². The molecule has 8 atom stereocenters. The molecule has 3 aliphatic heterocycles. The molecular weight excluding hydrogens is 554 g/mol. The van der Waals surface area contributed by atoms with E-state index in [0.29, 0.717) is 28.3 Å². The number of fused-ring (bicyclic) bond motifs is 1. The molecule has 42 heavy (non-hydrogen) atoms. The zero-order chi connectivity index (χ0) is 29.8. The first kappa shape index (κ1) is 28.7. The Morgan fingerprint density at radius 2 is 1.88 bits per heavy atom. The predicted molar refractivity (Wildman–Crippen MR) is 160 cm³/mol. The third-order valence-electron chi connectivity index (χ3n) is 9.91. The molecule has 1 saturated carbocycles. The molecule has 6 rings (SSSR count). The Labute approximate surface area is 251 Å². The van der Waals surface area contributed by atoms with E-state index in [1.165, 1.54) is 0 Å². The number of hydrogen-bond donors (Lipinski definition) is 2. The van der Waals surface area contributed by atoms with Crippen molar-refractivity contribution < 1.29 is 23.9 Å². The lowest BCUT2D eigenvalue weighted by molar-refractivity contribution is -0.142. The summed E-state index contributed by atoms with van der Waals surface area (Å²) in [5.74, 6) is -0.916. The number of ether oxygens (including phenoxy) is 2. The predicted octanol–water partition coefficient (Wildman–Crippen LogP) is 4.89. The Bertz CT molecular complexity index is 1430. The van der Waals surface area contributed by atoms with Crippen LogP contribution in [0.2, 0.25) is 5.02 Å². The van der Waals surface area contributed by atoms with Gasteiger partial charge >= 0.3 is 0 Å². The van der Waals surface area contributed by atoms with Crippen molar-refractivity contribution in [2.75, 3.05) is 12.4 Å². The SMILES string of the molecule is COc1ccc(CN2C(=O)[C@H]3C(C(=O)Nc4ccc(C)c(Cl)c4)[C@H]4C=CC3(O4)C2C(=O)NC2CCCC(C)C2C)cc1. The third kappa shape index (κ3) is 4.78. The summed E-state index contributed by atoms with van der Waals surface area (Å²) in [6.45, 7) is 6.50. The maximum absolute atomic E-state index is 14.3. The molecule has 222 valence electrons. The van der Waals surface area contributed by atoms with Gasteiger partial charge in [0.25, 0.3) is 0 Å². The number of aryl methyl sites for hydroxylation is 1. The fourth-order valence-electron chi connectivity index (χ4n) is 7.31. The smallest absolute Gasteiger partial charge is 0.246 e. The molecule has 3 fully saturated rings. The Kier molecular flexibility index (Phi) is 7.56. The number of methoxy groups -OCH3 is 1. The lowest BCUT2D eigenvalue weighted by Crippen LogP contribution is -2.57. The fraction of sp³-hybridized carbons (Fsp3) is 0.485. The number of halogens is 1. The second-order valence-corrected chi connectivity index (χ2v) is 12.8. The summed E-state index contributed by atoms with van der Waals surface area (Å²) in [6, 6.07) is 11.9. The van der Waals surface area contributed by atoms with Crippen LogP contribution in [0.3, 0.4) is 0 Å². The van der Waals surface area contributed by atoms with Gasteiger partial charge in [-0.05, 0) is 60.6 Å². The Morgan fingerprint density at radius 1 is 1.12 bits per heavy atom. The average Bonchev–Trinajstić information content (AvgIpc) is 3.61. The van der Waals surface area contributed by atoms with Crippen molar-refractivity contribution in [1.29, 1.82) is 0 Å². The van der Waals surface area contributed by atoms with Crippen LogP contribution in [0.25, 0.3) is 0 Å². The van der Waals surface area contributed by atoms with E-state index in [2.05, 4.69) is 24.5 Å². The molecule has 4 aliphatic rings. The van der Waals surface area contributed by atoms with Crippen LogP contribution >= 0.6 is 11.6 Å². The van der Waals surface area contributed by atoms with Crippen molar-refractivity contribution >= 4 is 35.0 Å². The maximum atomic E-state index is 14.3. The normalized spacial score (nSPS) is 33.0. The van der Waals surface area contributed by atoms with Crippen molar-refractivity contribution in [3.05, 3.63) is 70.8 Å². The molecule has 8 nitrogen and oxygen atoms in total. The highest BCUT2D eigenvalue weighted by Gasteiger charge is 2.72. The van der Waals surface area contributed by atoms with E-state index in [-0.39, 0.29) is 30.3 Å². The van der Waals surface area contributed by atoms with Gasteiger partial charge in [-0.2, -0.15) is 0 Å². The van der Waals surface area contributed by atoms with E-state index in [0.717, 1.165) is 30.4 Å². The van der Waals surface area contributed by atoms with Crippen LogP contribution in [0.15, 0.2) is 54.6 Å². The van der Waals surface area contributed by atoms with E-state index in [4.69, 9.17) is 21.1 Å². The van der Waals surface area contributed by atoms with Gasteiger partial charge in [0.15, 0.2) is 0 Å². The molecule has 0 aromatic heterocycles. The van der Waals surface area contributed by atoms with Crippen molar-refractivity contribution in [1.82, 2.24) is 10.2 Å². The highest BCUT2D eigenvalue weighted by Crippen LogP contribution is 2.55. The van der Waals surface area contributed by atoms with Crippen molar-refractivity contribution in [3.63, 3.8) is 0 Å². The molecule has 3 heterocycles. The van der Waals surface area contributed by atoms with E-state index >= 15 is 0 Å². The van der Waals surface area contributed by atoms with Crippen LogP contribution in [-0.2, 0) is 25.7 Å². The summed E-state index contributed by atoms with van der Waals surface area (Å²) in [5.41, 5.74) is 1.07. The number of hydrogen-bond acceptors (Lipinski definition) is 5. The van der Waals surface area contributed by atoms with Crippen molar-refractivity contribution in [3.8, 4) is 5.75 Å². The number of nitrogens with one attached hydrogen (secondary N) is 2. The van der Waals surface area contributed by atoms with Gasteiger partial charge < -0.3 is 25.0 Å². The Morgan fingerprint density at radius 3 is 2.60 bits per heavy atom. The number of nitrogens with zero attached hydrogens (tertiary/aromatic N) is 1. The lowest BCUT2D eigenvalue weighted by Gasteiger charge is -2.38. The van der Waals surface area contributed by atoms with E-state index in [1.807, 2.05) is 49.4 Å². The Balaban J connectivity index is 1.32. The topological polar surface area (TPSA) is 97.0 Å². The minimum Gasteiger partial charge on any atom is -0.497 e. The standard InChI is InChI=1S/C33H38ClN3O5/c1-18-6-5-7-25(20(18)3)36-31(39)29-33-15-14-26(42-33)27(30(38)35-22-11-8-19(2)24(34)16-22)28(33)32(40)37(29)17-21-9-12-23(41-4)13-10-21/h8-16,18,20,25-29H,5-7,17H2,1-4H3,(H,35,38)(H,36,39)/t18?,20?,25?,26-,27?,28-,29?,33?/m1/s1. The number of amides is 3. The zero-order valence-corrected chi connectivity index (χ0v) is 25.2. The number of anilines is 1. The van der Waals surface area contributed by atoms with Gasteiger partial charge in [0.05, 0.1) is 25.0 Å². The lowest BCUT2D eigenvalue weighted by atomic mass is 9.73. The largest absolute Gasteiger partial charge is 0.497 e. The highest BCUT2D eigenvalue weighted by atomic mass is 35.5. The van der Waals surface area contributed by atoms with E-state index in [9.17, 15) is 14.4 Å². The Hall–Kier alpha value is -3.36. The van der Waals surface area contributed by atoms with Crippen LogP contribution in [0.1, 0.15) is 44.2 Å². The van der Waals surface area contributed by atoms with Gasteiger partial charge in [-0.25, -0.2) is 0 Å². The molecular formula is C33H38ClN3O5. The molecule has 2 aromatic carbocycles. The number of carbonyl (C=O) groups excluding carboxylic acids is 3. The van der Waals surface area contributed by atoms with E-state index in [1.54, 1.807) is 24.1 Å². The molecule has 2 aromatic rings. The van der Waals surface area contributed by atoms with Crippen LogP contribution in [0.4, 0.5) is 5.69 Å². The van der Waals surface area contributed by atoms with E-state index < -0.39 is 29.6 Å². The average molecular weight is 592 g/mol. The van der Waals surface area contributed by atoms with Gasteiger partial charge in [-0.15, -0.1) is 0 Å². The maximum Gasteiger partial charge on any atom is 0.246 e. The fourth-order valence-corrected chi connectivity index (χ4v) is 7.49. The van der Waals surface area contributed by atoms with Crippen LogP contribution < -0.4 is 15.4 Å². The number of benzene rings is 2. The van der Waals surface area contributed by atoms with Gasteiger partial charge in [0.2, 0.25) is 17.7 Å². The second kappa shape index (κ2) is 11.0. The van der Waals surface area contributed by atoms with Gasteiger partial charge in [-0.1, -0.05) is 68.6 Å². The molecule has 1 aliphatic carbocycles. The minimum absolute atomic E-state index is 0.0163. The molecule has 6 unspecified atom stereocenters. The highest BCUT2D eigenvalue weighted by molar-refractivity contribution is 6.31. The molecule has 3 amide bonds. The van der Waals surface area contributed by atoms with Crippen LogP contribution in [0.5, 0.6) is 5.75 Å². The summed E-state index contributed by atoms with van der Waals surface area (Å²) in [7, 11) is 1.60. The number of likely N-dealkylation sites (tertiary alicyclic amines) is 1. The zero-order valence-electron chi connectivity index (χ0n) is 24.4. The molecule has 0 radical (unpaired) electrons. The van der Waals surface area contributed by atoms with Crippen molar-refractivity contribution in [2.24, 2.45) is 23.7 Å². The first-order valence-electron chi connectivity index (χ1n) is 14.8. The summed E-state index contributed by atoms with van der Waals surface area (Å²) in [6.07, 6.45) is 6.16. The summed E-state index contributed by atoms with van der Waals surface area (Å²) < 4.78 is 11.8. The van der Waals surface area contributed by atoms with Gasteiger partial charge in [0, 0.05) is 23.3 Å². The van der Waals surface area contributed by atoms with Gasteiger partial charge in [0.1, 0.15) is 17.4 Å². The van der Waals surface area contributed by atoms with Gasteiger partial charge in [-0.3, -0.25) is 14.4 Å². The summed E-state index contributed by atoms with van der Waals surface area (Å²) in [5, 5.41) is 6.78. The summed E-state index contributed by atoms with van der Waals surface area (Å²) >= 11 is 6.30. The number of carbonyl (C=O) groups is 3. The second-order valence-electron chi connectivity index (χ2n) is 12.4. The van der Waals surface area contributed by atoms with Crippen molar-refractivity contribution in [2.45, 2.75) is 70.4 Å². The van der Waals surface area contributed by atoms with Crippen LogP contribution in [0, 0.1) is 30.6 Å². The molecule has 2 bridgehead atoms. The molecule has 2 saturated heterocycles. The monoisotopic (exact) mass is 591 g/mol. The summed E-state index contributed by atoms with van der Waals surface area (Å²) in [4.78, 5) is 43.9. The number of rotatable bonds is 7. The molecule has 2 N–H and O–H groups in total.